The van der Waals surface area contributed by atoms with Crippen molar-refractivity contribution in [2.45, 2.75) is 19.3 Å². The minimum Gasteiger partial charge on any atom is -0.356 e. The quantitative estimate of drug-likeness (QED) is 0.630. The van der Waals surface area contributed by atoms with Gasteiger partial charge in [0, 0.05) is 25.1 Å². The molecule has 1 aromatic carbocycles. The number of halogens is 2. The van der Waals surface area contributed by atoms with E-state index >= 15 is 0 Å². The van der Waals surface area contributed by atoms with Crippen LogP contribution in [-0.2, 0) is 4.79 Å². The molecule has 0 fully saturated rings. The van der Waals surface area contributed by atoms with Gasteiger partial charge in [-0.25, -0.2) is 4.39 Å². The highest BCUT2D eigenvalue weighted by molar-refractivity contribution is 5.94. The van der Waals surface area contributed by atoms with Gasteiger partial charge in [-0.1, -0.05) is 0 Å². The standard InChI is InChI=1S/C14H20FN3O2.ClH/c15-12-6-4-11(5-7-12)14(20)18-10-2-9-17-13(19)3-1-8-16;/h4-7H,1-3,8-10,16H2,(H,17,19)(H,18,20);1H. The highest BCUT2D eigenvalue weighted by atomic mass is 35.5. The van der Waals surface area contributed by atoms with Gasteiger partial charge in [-0.2, -0.15) is 0 Å². The SMILES string of the molecule is Cl.NCCCC(=O)NCCCNC(=O)c1ccc(F)cc1. The van der Waals surface area contributed by atoms with Crippen LogP contribution in [-0.4, -0.2) is 31.4 Å². The maximum absolute atomic E-state index is 12.7. The molecule has 0 bridgehead atoms. The first-order chi connectivity index (χ1) is 9.63. The predicted octanol–water partition coefficient (Wildman–Crippen LogP) is 1.22. The largest absolute Gasteiger partial charge is 0.356 e. The summed E-state index contributed by atoms with van der Waals surface area (Å²) >= 11 is 0. The Morgan fingerprint density at radius 3 is 2.29 bits per heavy atom. The van der Waals surface area contributed by atoms with Crippen LogP contribution in [0.2, 0.25) is 0 Å². The van der Waals surface area contributed by atoms with E-state index in [9.17, 15) is 14.0 Å². The minimum atomic E-state index is -0.373. The minimum absolute atomic E-state index is 0. The van der Waals surface area contributed by atoms with Gasteiger partial charge < -0.3 is 16.4 Å². The molecule has 0 aromatic heterocycles. The molecule has 0 heterocycles. The van der Waals surface area contributed by atoms with E-state index in [1.165, 1.54) is 24.3 Å². The Bertz CT molecular complexity index is 440. The van der Waals surface area contributed by atoms with Gasteiger partial charge >= 0.3 is 0 Å². The van der Waals surface area contributed by atoms with Gasteiger partial charge in [0.25, 0.3) is 5.91 Å². The number of carbonyl (C=O) groups is 2. The van der Waals surface area contributed by atoms with Crippen molar-refractivity contribution in [3.63, 3.8) is 0 Å². The lowest BCUT2D eigenvalue weighted by molar-refractivity contribution is -0.121. The van der Waals surface area contributed by atoms with Gasteiger partial charge in [0.2, 0.25) is 5.91 Å². The second kappa shape index (κ2) is 11.0. The summed E-state index contributed by atoms with van der Waals surface area (Å²) in [6, 6.07) is 5.34. The molecule has 0 aliphatic rings. The maximum atomic E-state index is 12.7. The van der Waals surface area contributed by atoms with Crippen LogP contribution in [0, 0.1) is 5.82 Å². The number of carbonyl (C=O) groups excluding carboxylic acids is 2. The van der Waals surface area contributed by atoms with E-state index in [4.69, 9.17) is 5.73 Å². The first kappa shape index (κ1) is 19.3. The lowest BCUT2D eigenvalue weighted by Gasteiger charge is -2.06. The number of hydrogen-bond acceptors (Lipinski definition) is 3. The zero-order valence-corrected chi connectivity index (χ0v) is 12.5. The Balaban J connectivity index is 0.00000400. The lowest BCUT2D eigenvalue weighted by atomic mass is 10.2. The van der Waals surface area contributed by atoms with Crippen LogP contribution < -0.4 is 16.4 Å². The first-order valence-electron chi connectivity index (χ1n) is 6.64. The molecule has 0 aliphatic heterocycles. The molecule has 5 nitrogen and oxygen atoms in total. The topological polar surface area (TPSA) is 84.2 Å². The van der Waals surface area contributed by atoms with E-state index in [0.717, 1.165) is 0 Å². The smallest absolute Gasteiger partial charge is 0.251 e. The van der Waals surface area contributed by atoms with Crippen LogP contribution in [0.3, 0.4) is 0 Å². The molecular formula is C14H21ClFN3O2. The zero-order chi connectivity index (χ0) is 14.8. The third-order valence-corrected chi connectivity index (χ3v) is 2.68. The van der Waals surface area contributed by atoms with Crippen molar-refractivity contribution in [1.82, 2.24) is 10.6 Å². The van der Waals surface area contributed by atoms with Crippen LogP contribution >= 0.6 is 12.4 Å². The molecule has 2 amide bonds. The van der Waals surface area contributed by atoms with Crippen LogP contribution in [0.15, 0.2) is 24.3 Å². The molecule has 21 heavy (non-hydrogen) atoms. The fourth-order valence-electron chi connectivity index (χ4n) is 1.57. The molecule has 118 valence electrons. The molecule has 0 spiro atoms. The number of amides is 2. The molecule has 7 heteroatoms. The Morgan fingerprint density at radius 1 is 1.05 bits per heavy atom. The predicted molar refractivity (Wildman–Crippen MR) is 81.9 cm³/mol. The Kier molecular flexibility index (Phi) is 10.2. The van der Waals surface area contributed by atoms with Crippen LogP contribution in [0.25, 0.3) is 0 Å². The van der Waals surface area contributed by atoms with Crippen molar-refractivity contribution in [3.8, 4) is 0 Å². The van der Waals surface area contributed by atoms with Crippen LogP contribution in [0.1, 0.15) is 29.6 Å². The van der Waals surface area contributed by atoms with Crippen LogP contribution in [0.4, 0.5) is 4.39 Å². The molecule has 0 atom stereocenters. The number of nitrogens with one attached hydrogen (secondary N) is 2. The second-order valence-electron chi connectivity index (χ2n) is 4.36. The third-order valence-electron chi connectivity index (χ3n) is 2.68. The van der Waals surface area contributed by atoms with E-state index in [2.05, 4.69) is 10.6 Å². The summed E-state index contributed by atoms with van der Waals surface area (Å²) in [6.45, 7) is 1.46. The summed E-state index contributed by atoms with van der Waals surface area (Å²) < 4.78 is 12.7. The van der Waals surface area contributed by atoms with Crippen molar-refractivity contribution < 1.29 is 14.0 Å². The fourth-order valence-corrected chi connectivity index (χ4v) is 1.57. The van der Waals surface area contributed by atoms with E-state index in [0.29, 0.717) is 44.5 Å². The number of benzene rings is 1. The summed E-state index contributed by atoms with van der Waals surface area (Å²) in [5.74, 6) is -0.651. The Labute approximate surface area is 129 Å². The number of nitrogens with two attached hydrogens (primary N) is 1. The van der Waals surface area contributed by atoms with Crippen molar-refractivity contribution in [3.05, 3.63) is 35.6 Å². The molecule has 1 rings (SSSR count). The third kappa shape index (κ3) is 8.27. The summed E-state index contributed by atoms with van der Waals surface area (Å²) in [4.78, 5) is 22.9. The van der Waals surface area contributed by atoms with E-state index in [1.807, 2.05) is 0 Å². The van der Waals surface area contributed by atoms with Crippen molar-refractivity contribution >= 4 is 24.2 Å². The zero-order valence-electron chi connectivity index (χ0n) is 11.7. The number of rotatable bonds is 8. The van der Waals surface area contributed by atoms with Gasteiger partial charge in [0.15, 0.2) is 0 Å². The molecule has 0 unspecified atom stereocenters. The normalized spacial score (nSPS) is 9.62. The molecule has 0 radical (unpaired) electrons. The average molecular weight is 318 g/mol. The van der Waals surface area contributed by atoms with Gasteiger partial charge in [-0.05, 0) is 43.7 Å². The van der Waals surface area contributed by atoms with Gasteiger partial charge in [0.1, 0.15) is 5.82 Å². The summed E-state index contributed by atoms with van der Waals surface area (Å²) in [5, 5.41) is 5.45. The highest BCUT2D eigenvalue weighted by Crippen LogP contribution is 2.02. The maximum Gasteiger partial charge on any atom is 0.251 e. The van der Waals surface area contributed by atoms with E-state index in [1.54, 1.807) is 0 Å². The molecule has 0 saturated heterocycles. The molecule has 0 aliphatic carbocycles. The van der Waals surface area contributed by atoms with Gasteiger partial charge in [-0.3, -0.25) is 9.59 Å². The second-order valence-corrected chi connectivity index (χ2v) is 4.36. The fraction of sp³-hybridized carbons (Fsp3) is 0.429. The summed E-state index contributed by atoms with van der Waals surface area (Å²) in [5.41, 5.74) is 5.72. The lowest BCUT2D eigenvalue weighted by Crippen LogP contribution is -2.30. The van der Waals surface area contributed by atoms with Crippen molar-refractivity contribution in [2.24, 2.45) is 5.73 Å². The van der Waals surface area contributed by atoms with E-state index in [-0.39, 0.29) is 30.0 Å². The monoisotopic (exact) mass is 317 g/mol. The average Bonchev–Trinajstić information content (AvgIpc) is 2.45. The Morgan fingerprint density at radius 2 is 1.67 bits per heavy atom. The van der Waals surface area contributed by atoms with Gasteiger partial charge in [0.05, 0.1) is 0 Å². The summed E-state index contributed by atoms with van der Waals surface area (Å²) in [6.07, 6.45) is 1.74. The van der Waals surface area contributed by atoms with Crippen molar-refractivity contribution in [1.29, 1.82) is 0 Å². The van der Waals surface area contributed by atoms with Crippen molar-refractivity contribution in [2.75, 3.05) is 19.6 Å². The summed E-state index contributed by atoms with van der Waals surface area (Å²) in [7, 11) is 0. The molecule has 4 N–H and O–H groups in total. The highest BCUT2D eigenvalue weighted by Gasteiger charge is 2.04. The van der Waals surface area contributed by atoms with E-state index < -0.39 is 0 Å². The first-order valence-corrected chi connectivity index (χ1v) is 6.64. The molecular weight excluding hydrogens is 297 g/mol. The number of hydrogen-bond donors (Lipinski definition) is 3. The van der Waals surface area contributed by atoms with Crippen LogP contribution in [0.5, 0.6) is 0 Å². The van der Waals surface area contributed by atoms with Gasteiger partial charge in [-0.15, -0.1) is 12.4 Å². The molecule has 1 aromatic rings. The Hall–Kier alpha value is -1.66. The molecule has 0 saturated carbocycles.